The third-order valence-corrected chi connectivity index (χ3v) is 2.22. The van der Waals surface area contributed by atoms with E-state index in [9.17, 15) is 10.1 Å². The van der Waals surface area contributed by atoms with Crippen LogP contribution in [0.4, 0.5) is 17.1 Å². The maximum atomic E-state index is 10.8. The quantitative estimate of drug-likeness (QED) is 0.624. The van der Waals surface area contributed by atoms with Gasteiger partial charge in [-0.2, -0.15) is 0 Å². The van der Waals surface area contributed by atoms with Crippen LogP contribution in [0.1, 0.15) is 0 Å². The van der Waals surface area contributed by atoms with Gasteiger partial charge in [0.2, 0.25) is 0 Å². The number of nitro benzene ring substituents is 1. The fraction of sp³-hybridized carbons (Fsp3) is 0. The predicted octanol–water partition coefficient (Wildman–Crippen LogP) is 3.03. The number of anilines is 2. The number of hydrazine groups is 1. The molecular weight excluding hydrogens is 218 g/mol. The molecule has 2 rings (SSSR count). The molecule has 0 radical (unpaired) electrons. The summed E-state index contributed by atoms with van der Waals surface area (Å²) in [6.45, 7) is 0. The van der Waals surface area contributed by atoms with Gasteiger partial charge in [0.05, 0.1) is 10.6 Å². The second-order valence-corrected chi connectivity index (χ2v) is 3.39. The van der Waals surface area contributed by atoms with E-state index in [-0.39, 0.29) is 5.69 Å². The number of nitro groups is 1. The Hall–Kier alpha value is -2.56. The zero-order chi connectivity index (χ0) is 12.1. The average molecular weight is 229 g/mol. The molecule has 0 bridgehead atoms. The van der Waals surface area contributed by atoms with Crippen LogP contribution in [-0.4, -0.2) is 4.92 Å². The van der Waals surface area contributed by atoms with Crippen molar-refractivity contribution in [1.29, 1.82) is 0 Å². The molecule has 0 atom stereocenters. The molecule has 86 valence electrons. The van der Waals surface area contributed by atoms with Crippen LogP contribution in [-0.2, 0) is 0 Å². The molecule has 0 spiro atoms. The summed E-state index contributed by atoms with van der Waals surface area (Å²) in [6, 6.07) is 15.9. The molecule has 2 aromatic rings. The Morgan fingerprint density at radius 2 is 1.53 bits per heavy atom. The van der Waals surface area contributed by atoms with Gasteiger partial charge in [-0.05, 0) is 18.2 Å². The zero-order valence-electron chi connectivity index (χ0n) is 8.96. The summed E-state index contributed by atoms with van der Waals surface area (Å²) < 4.78 is 0. The molecule has 2 N–H and O–H groups in total. The summed E-state index contributed by atoms with van der Waals surface area (Å²) in [5.74, 6) is 0. The van der Waals surface area contributed by atoms with E-state index in [2.05, 4.69) is 10.9 Å². The molecule has 0 aliphatic heterocycles. The molecule has 0 fully saturated rings. The minimum Gasteiger partial charge on any atom is -0.301 e. The lowest BCUT2D eigenvalue weighted by molar-refractivity contribution is -0.383. The van der Waals surface area contributed by atoms with Crippen molar-refractivity contribution >= 4 is 17.1 Å². The first-order chi connectivity index (χ1) is 8.27. The zero-order valence-corrected chi connectivity index (χ0v) is 8.96. The maximum absolute atomic E-state index is 10.8. The molecule has 0 aromatic heterocycles. The van der Waals surface area contributed by atoms with Gasteiger partial charge in [-0.25, -0.2) is 0 Å². The summed E-state index contributed by atoms with van der Waals surface area (Å²) in [5, 5.41) is 10.8. The Morgan fingerprint density at radius 3 is 2.24 bits per heavy atom. The van der Waals surface area contributed by atoms with E-state index in [1.54, 1.807) is 18.2 Å². The Kier molecular flexibility index (Phi) is 3.20. The fourth-order valence-corrected chi connectivity index (χ4v) is 1.40. The highest BCUT2D eigenvalue weighted by atomic mass is 16.6. The number of benzene rings is 2. The van der Waals surface area contributed by atoms with E-state index in [0.717, 1.165) is 5.69 Å². The minimum absolute atomic E-state index is 0.0379. The summed E-state index contributed by atoms with van der Waals surface area (Å²) in [7, 11) is 0. The highest BCUT2D eigenvalue weighted by molar-refractivity contribution is 5.63. The van der Waals surface area contributed by atoms with Crippen molar-refractivity contribution in [2.75, 3.05) is 10.9 Å². The Labute approximate surface area is 98.2 Å². The maximum Gasteiger partial charge on any atom is 0.294 e. The fourth-order valence-electron chi connectivity index (χ4n) is 1.40. The highest BCUT2D eigenvalue weighted by Gasteiger charge is 2.11. The van der Waals surface area contributed by atoms with Crippen LogP contribution in [0, 0.1) is 10.1 Å². The van der Waals surface area contributed by atoms with Crippen LogP contribution in [0.3, 0.4) is 0 Å². The number of nitrogens with zero attached hydrogens (tertiary/aromatic N) is 1. The van der Waals surface area contributed by atoms with E-state index in [4.69, 9.17) is 0 Å². The molecule has 2 aromatic carbocycles. The van der Waals surface area contributed by atoms with Crippen LogP contribution in [0.5, 0.6) is 0 Å². The second kappa shape index (κ2) is 4.98. The average Bonchev–Trinajstić information content (AvgIpc) is 2.38. The Morgan fingerprint density at radius 1 is 0.882 bits per heavy atom. The van der Waals surface area contributed by atoms with Crippen LogP contribution in [0.25, 0.3) is 0 Å². The Bertz CT molecular complexity index is 514. The van der Waals surface area contributed by atoms with Crippen molar-refractivity contribution in [3.8, 4) is 0 Å². The molecule has 0 saturated carbocycles. The monoisotopic (exact) mass is 229 g/mol. The van der Waals surface area contributed by atoms with E-state index >= 15 is 0 Å². The van der Waals surface area contributed by atoms with Crippen molar-refractivity contribution in [2.24, 2.45) is 0 Å². The van der Waals surface area contributed by atoms with Crippen molar-refractivity contribution in [3.05, 3.63) is 64.7 Å². The number of rotatable bonds is 4. The van der Waals surface area contributed by atoms with Crippen molar-refractivity contribution in [1.82, 2.24) is 0 Å². The topological polar surface area (TPSA) is 67.2 Å². The number of nitrogens with one attached hydrogen (secondary N) is 2. The first kappa shape index (κ1) is 10.9. The van der Waals surface area contributed by atoms with Gasteiger partial charge in [-0.1, -0.05) is 30.3 Å². The SMILES string of the molecule is O=[N+]([O-])c1ccccc1NNc1ccccc1. The van der Waals surface area contributed by atoms with E-state index < -0.39 is 4.92 Å². The van der Waals surface area contributed by atoms with Gasteiger partial charge in [-0.15, -0.1) is 0 Å². The van der Waals surface area contributed by atoms with Gasteiger partial charge in [0.15, 0.2) is 0 Å². The molecule has 5 heteroatoms. The lowest BCUT2D eigenvalue weighted by atomic mass is 10.3. The molecule has 0 aliphatic carbocycles. The van der Waals surface area contributed by atoms with Crippen molar-refractivity contribution in [2.45, 2.75) is 0 Å². The summed E-state index contributed by atoms with van der Waals surface area (Å²) >= 11 is 0. The van der Waals surface area contributed by atoms with Gasteiger partial charge < -0.3 is 5.43 Å². The normalized spacial score (nSPS) is 9.65. The Balaban J connectivity index is 2.12. The van der Waals surface area contributed by atoms with E-state index in [0.29, 0.717) is 5.69 Å². The lowest BCUT2D eigenvalue weighted by Gasteiger charge is -2.09. The number of hydrogen-bond donors (Lipinski definition) is 2. The summed E-state index contributed by atoms with van der Waals surface area (Å²) in [4.78, 5) is 10.3. The van der Waals surface area contributed by atoms with Gasteiger partial charge >= 0.3 is 0 Å². The van der Waals surface area contributed by atoms with E-state index in [1.807, 2.05) is 30.3 Å². The lowest BCUT2D eigenvalue weighted by Crippen LogP contribution is -2.09. The molecule has 17 heavy (non-hydrogen) atoms. The number of hydrogen-bond acceptors (Lipinski definition) is 4. The van der Waals surface area contributed by atoms with Gasteiger partial charge in [0.25, 0.3) is 5.69 Å². The van der Waals surface area contributed by atoms with Crippen LogP contribution in [0.2, 0.25) is 0 Å². The molecular formula is C12H11N3O2. The molecule has 5 nitrogen and oxygen atoms in total. The van der Waals surface area contributed by atoms with Gasteiger partial charge in [0.1, 0.15) is 5.69 Å². The standard InChI is InChI=1S/C12H11N3O2/c16-15(17)12-9-5-4-8-11(12)14-13-10-6-2-1-3-7-10/h1-9,13-14H. The third kappa shape index (κ3) is 2.72. The van der Waals surface area contributed by atoms with Gasteiger partial charge in [-0.3, -0.25) is 15.5 Å². The molecule has 0 unspecified atom stereocenters. The van der Waals surface area contributed by atoms with Crippen LogP contribution in [0.15, 0.2) is 54.6 Å². The number of para-hydroxylation sites is 3. The van der Waals surface area contributed by atoms with Crippen molar-refractivity contribution < 1.29 is 4.92 Å². The van der Waals surface area contributed by atoms with E-state index in [1.165, 1.54) is 6.07 Å². The molecule has 0 heterocycles. The third-order valence-electron chi connectivity index (χ3n) is 2.22. The predicted molar refractivity (Wildman–Crippen MR) is 66.8 cm³/mol. The first-order valence-electron chi connectivity index (χ1n) is 5.08. The first-order valence-corrected chi connectivity index (χ1v) is 5.08. The smallest absolute Gasteiger partial charge is 0.294 e. The molecule has 0 aliphatic rings. The molecule has 0 saturated heterocycles. The van der Waals surface area contributed by atoms with Gasteiger partial charge in [0, 0.05) is 6.07 Å². The molecule has 0 amide bonds. The highest BCUT2D eigenvalue weighted by Crippen LogP contribution is 2.23. The summed E-state index contributed by atoms with van der Waals surface area (Å²) in [5.41, 5.74) is 7.03. The largest absolute Gasteiger partial charge is 0.301 e. The summed E-state index contributed by atoms with van der Waals surface area (Å²) in [6.07, 6.45) is 0. The van der Waals surface area contributed by atoms with Crippen molar-refractivity contribution in [3.63, 3.8) is 0 Å². The van der Waals surface area contributed by atoms with Crippen LogP contribution >= 0.6 is 0 Å². The van der Waals surface area contributed by atoms with Crippen LogP contribution < -0.4 is 10.9 Å². The minimum atomic E-state index is -0.422. The second-order valence-electron chi connectivity index (χ2n) is 3.39.